The number of hydrogen-bond donors (Lipinski definition) is 0. The first kappa shape index (κ1) is 15.4. The van der Waals surface area contributed by atoms with Crippen molar-refractivity contribution < 1.29 is 9.53 Å². The Hall–Kier alpha value is -3.08. The van der Waals surface area contributed by atoms with Gasteiger partial charge in [0.05, 0.1) is 0 Å². The van der Waals surface area contributed by atoms with E-state index in [1.807, 2.05) is 47.4 Å². The monoisotopic (exact) mass is 333 g/mol. The topological polar surface area (TPSA) is 47.4 Å². The predicted octanol–water partition coefficient (Wildman–Crippen LogP) is 3.12. The van der Waals surface area contributed by atoms with Crippen molar-refractivity contribution in [3.8, 4) is 5.75 Å². The van der Waals surface area contributed by atoms with Crippen LogP contribution in [0.3, 0.4) is 0 Å². The molecular weight excluding hydrogens is 314 g/mol. The van der Waals surface area contributed by atoms with E-state index in [9.17, 15) is 4.79 Å². The Bertz CT molecular complexity index is 873. The van der Waals surface area contributed by atoms with E-state index >= 15 is 0 Å². The first-order chi connectivity index (χ1) is 12.3. The molecule has 1 aliphatic heterocycles. The standard InChI is InChI=1S/C20H19N3O2/c24-20(22-12-10-16-6-4-5-7-17(16)14-22)19-11-13-23(21-19)15-25-18-8-2-1-3-9-18/h1-9,11,13H,10,12,14-15H2. The van der Waals surface area contributed by atoms with Crippen molar-refractivity contribution in [2.45, 2.75) is 19.7 Å². The predicted molar refractivity (Wildman–Crippen MR) is 94.2 cm³/mol. The van der Waals surface area contributed by atoms with Crippen molar-refractivity contribution in [3.05, 3.63) is 83.7 Å². The van der Waals surface area contributed by atoms with E-state index in [4.69, 9.17) is 4.74 Å². The van der Waals surface area contributed by atoms with E-state index in [1.165, 1.54) is 11.1 Å². The van der Waals surface area contributed by atoms with Gasteiger partial charge in [-0.3, -0.25) is 4.79 Å². The summed E-state index contributed by atoms with van der Waals surface area (Å²) in [5.74, 6) is 0.742. The van der Waals surface area contributed by atoms with E-state index in [2.05, 4.69) is 17.2 Å². The average Bonchev–Trinajstić information content (AvgIpc) is 3.15. The molecule has 0 saturated carbocycles. The quantitative estimate of drug-likeness (QED) is 0.737. The summed E-state index contributed by atoms with van der Waals surface area (Å²) in [7, 11) is 0. The number of para-hydroxylation sites is 1. The van der Waals surface area contributed by atoms with E-state index in [0.29, 0.717) is 12.2 Å². The SMILES string of the molecule is O=C(c1ccn(COc2ccccc2)n1)N1CCc2ccccc2C1. The van der Waals surface area contributed by atoms with Gasteiger partial charge in [0, 0.05) is 19.3 Å². The van der Waals surface area contributed by atoms with Gasteiger partial charge in [-0.25, -0.2) is 4.68 Å². The van der Waals surface area contributed by atoms with Crippen molar-refractivity contribution >= 4 is 5.91 Å². The number of hydrogen-bond acceptors (Lipinski definition) is 3. The smallest absolute Gasteiger partial charge is 0.274 e. The molecule has 0 bridgehead atoms. The van der Waals surface area contributed by atoms with Crippen LogP contribution in [-0.2, 0) is 19.7 Å². The lowest BCUT2D eigenvalue weighted by Crippen LogP contribution is -2.36. The van der Waals surface area contributed by atoms with Gasteiger partial charge in [-0.2, -0.15) is 5.10 Å². The molecule has 2 aromatic carbocycles. The van der Waals surface area contributed by atoms with Crippen molar-refractivity contribution in [3.63, 3.8) is 0 Å². The minimum Gasteiger partial charge on any atom is -0.471 e. The fraction of sp³-hybridized carbons (Fsp3) is 0.200. The zero-order chi connectivity index (χ0) is 17.1. The summed E-state index contributed by atoms with van der Waals surface area (Å²) < 4.78 is 7.29. The molecule has 1 aromatic heterocycles. The molecule has 0 atom stereocenters. The number of rotatable bonds is 4. The molecule has 4 rings (SSSR count). The molecule has 1 aliphatic rings. The molecule has 0 N–H and O–H groups in total. The molecule has 25 heavy (non-hydrogen) atoms. The second kappa shape index (κ2) is 6.81. The number of fused-ring (bicyclic) bond motifs is 1. The zero-order valence-corrected chi connectivity index (χ0v) is 13.8. The Kier molecular flexibility index (Phi) is 4.21. The largest absolute Gasteiger partial charge is 0.471 e. The van der Waals surface area contributed by atoms with Gasteiger partial charge >= 0.3 is 0 Å². The summed E-state index contributed by atoms with van der Waals surface area (Å²) in [5.41, 5.74) is 3.00. The number of carbonyl (C=O) groups is 1. The van der Waals surface area contributed by atoms with Gasteiger partial charge in [0.2, 0.25) is 0 Å². The van der Waals surface area contributed by atoms with Gasteiger partial charge in [0.1, 0.15) is 5.75 Å². The molecule has 0 spiro atoms. The van der Waals surface area contributed by atoms with E-state index < -0.39 is 0 Å². The van der Waals surface area contributed by atoms with Crippen molar-refractivity contribution in [1.82, 2.24) is 14.7 Å². The van der Waals surface area contributed by atoms with Crippen LogP contribution in [0.25, 0.3) is 0 Å². The Morgan fingerprint density at radius 1 is 1.00 bits per heavy atom. The second-order valence-corrected chi connectivity index (χ2v) is 6.07. The molecule has 5 nitrogen and oxygen atoms in total. The molecule has 0 radical (unpaired) electrons. The van der Waals surface area contributed by atoms with Gasteiger partial charge in [-0.05, 0) is 35.7 Å². The van der Waals surface area contributed by atoms with Crippen LogP contribution in [-0.4, -0.2) is 27.1 Å². The highest BCUT2D eigenvalue weighted by molar-refractivity contribution is 5.92. The fourth-order valence-corrected chi connectivity index (χ4v) is 3.04. The first-order valence-electron chi connectivity index (χ1n) is 8.37. The summed E-state index contributed by atoms with van der Waals surface area (Å²) >= 11 is 0. The van der Waals surface area contributed by atoms with Crippen LogP contribution in [0.2, 0.25) is 0 Å². The molecule has 0 unspecified atom stereocenters. The minimum atomic E-state index is -0.0343. The van der Waals surface area contributed by atoms with Crippen LogP contribution in [0.5, 0.6) is 5.75 Å². The normalized spacial score (nSPS) is 13.4. The van der Waals surface area contributed by atoms with E-state index in [0.717, 1.165) is 18.7 Å². The van der Waals surface area contributed by atoms with Gasteiger partial charge in [-0.1, -0.05) is 42.5 Å². The van der Waals surface area contributed by atoms with Crippen LogP contribution in [0.4, 0.5) is 0 Å². The maximum absolute atomic E-state index is 12.7. The molecule has 1 amide bonds. The summed E-state index contributed by atoms with van der Waals surface area (Å²) in [6.07, 6.45) is 2.66. The highest BCUT2D eigenvalue weighted by Gasteiger charge is 2.23. The third-order valence-corrected chi connectivity index (χ3v) is 4.38. The molecule has 3 aromatic rings. The van der Waals surface area contributed by atoms with Crippen molar-refractivity contribution in [2.75, 3.05) is 6.54 Å². The Morgan fingerprint density at radius 3 is 2.60 bits per heavy atom. The Labute approximate surface area is 146 Å². The maximum Gasteiger partial charge on any atom is 0.274 e. The number of carbonyl (C=O) groups excluding carboxylic acids is 1. The molecule has 0 aliphatic carbocycles. The Balaban J connectivity index is 1.41. The number of aromatic nitrogens is 2. The summed E-state index contributed by atoms with van der Waals surface area (Å²) in [5, 5.41) is 4.36. The Morgan fingerprint density at radius 2 is 1.76 bits per heavy atom. The van der Waals surface area contributed by atoms with Crippen LogP contribution in [0.15, 0.2) is 66.9 Å². The van der Waals surface area contributed by atoms with Crippen LogP contribution < -0.4 is 4.74 Å². The second-order valence-electron chi connectivity index (χ2n) is 6.07. The minimum absolute atomic E-state index is 0.0343. The highest BCUT2D eigenvalue weighted by Crippen LogP contribution is 2.20. The average molecular weight is 333 g/mol. The number of ether oxygens (including phenoxy) is 1. The van der Waals surface area contributed by atoms with Crippen LogP contribution >= 0.6 is 0 Å². The number of amides is 1. The summed E-state index contributed by atoms with van der Waals surface area (Å²) in [4.78, 5) is 14.6. The van der Waals surface area contributed by atoms with E-state index in [1.54, 1.807) is 16.9 Å². The molecule has 126 valence electrons. The fourth-order valence-electron chi connectivity index (χ4n) is 3.04. The molecule has 0 saturated heterocycles. The van der Waals surface area contributed by atoms with E-state index in [-0.39, 0.29) is 12.6 Å². The lowest BCUT2D eigenvalue weighted by atomic mass is 10.00. The zero-order valence-electron chi connectivity index (χ0n) is 13.8. The van der Waals surface area contributed by atoms with Crippen molar-refractivity contribution in [2.24, 2.45) is 0 Å². The highest BCUT2D eigenvalue weighted by atomic mass is 16.5. The number of benzene rings is 2. The van der Waals surface area contributed by atoms with Gasteiger partial charge in [0.25, 0.3) is 5.91 Å². The first-order valence-corrected chi connectivity index (χ1v) is 8.37. The van der Waals surface area contributed by atoms with Crippen LogP contribution in [0, 0.1) is 0 Å². The van der Waals surface area contributed by atoms with Crippen LogP contribution in [0.1, 0.15) is 21.6 Å². The number of nitrogens with zero attached hydrogens (tertiary/aromatic N) is 3. The lowest BCUT2D eigenvalue weighted by Gasteiger charge is -2.28. The molecule has 0 fully saturated rings. The third kappa shape index (κ3) is 3.40. The van der Waals surface area contributed by atoms with Gasteiger partial charge in [0.15, 0.2) is 12.4 Å². The molecule has 2 heterocycles. The lowest BCUT2D eigenvalue weighted by molar-refractivity contribution is 0.0726. The van der Waals surface area contributed by atoms with Gasteiger partial charge in [-0.15, -0.1) is 0 Å². The molecule has 5 heteroatoms. The third-order valence-electron chi connectivity index (χ3n) is 4.38. The van der Waals surface area contributed by atoms with Crippen molar-refractivity contribution in [1.29, 1.82) is 0 Å². The summed E-state index contributed by atoms with van der Waals surface area (Å²) in [6.45, 7) is 1.64. The van der Waals surface area contributed by atoms with Gasteiger partial charge < -0.3 is 9.64 Å². The summed E-state index contributed by atoms with van der Waals surface area (Å²) in [6, 6.07) is 19.6. The maximum atomic E-state index is 12.7. The molecular formula is C20H19N3O2.